The third-order valence-corrected chi connectivity index (χ3v) is 14.7. The second kappa shape index (κ2) is 14.1. The van der Waals surface area contributed by atoms with E-state index in [1.54, 1.807) is 0 Å². The molecule has 1 spiro atoms. The third-order valence-electron chi connectivity index (χ3n) is 13.5. The van der Waals surface area contributed by atoms with E-state index in [0.29, 0.717) is 0 Å². The van der Waals surface area contributed by atoms with Gasteiger partial charge in [0.05, 0.1) is 27.2 Å². The number of thiophene rings is 1. The van der Waals surface area contributed by atoms with Gasteiger partial charge in [0.2, 0.25) is 0 Å². The van der Waals surface area contributed by atoms with Gasteiger partial charge in [-0.15, -0.1) is 11.3 Å². The number of anilines is 3. The number of nitrogens with zero attached hydrogens (tertiary/aromatic N) is 1. The molecule has 0 fully saturated rings. The van der Waals surface area contributed by atoms with Crippen molar-refractivity contribution in [2.24, 2.45) is 0 Å². The Bertz CT molecular complexity index is 3400. The molecule has 2 heterocycles. The van der Waals surface area contributed by atoms with Gasteiger partial charge >= 0.3 is 0 Å². The first kappa shape index (κ1) is 35.9. The van der Waals surface area contributed by atoms with Gasteiger partial charge in [-0.3, -0.25) is 0 Å². The highest BCUT2D eigenvalue weighted by Gasteiger charge is 2.52. The molecule has 0 N–H and O–H groups in total. The predicted molar refractivity (Wildman–Crippen MR) is 267 cm³/mol. The van der Waals surface area contributed by atoms with Crippen molar-refractivity contribution in [1.29, 1.82) is 0 Å². The van der Waals surface area contributed by atoms with E-state index >= 15 is 0 Å². The molecule has 0 unspecified atom stereocenters. The highest BCUT2D eigenvalue weighted by molar-refractivity contribution is 7.26. The Morgan fingerprint density at radius 2 is 0.714 bits per heavy atom. The van der Waals surface area contributed by atoms with Crippen molar-refractivity contribution in [3.63, 3.8) is 0 Å². The average Bonchev–Trinajstić information content (AvgIpc) is 3.89. The summed E-state index contributed by atoms with van der Waals surface area (Å²) in [5.41, 5.74) is 20.4. The van der Waals surface area contributed by atoms with Crippen molar-refractivity contribution in [3.05, 3.63) is 259 Å². The lowest BCUT2D eigenvalue weighted by Gasteiger charge is -2.45. The van der Waals surface area contributed by atoms with Gasteiger partial charge in [0.1, 0.15) is 0 Å². The highest BCUT2D eigenvalue weighted by atomic mass is 32.1. The summed E-state index contributed by atoms with van der Waals surface area (Å²) >= 11 is 1.89. The maximum absolute atomic E-state index is 2.58. The molecule has 0 bridgehead atoms. The van der Waals surface area contributed by atoms with Gasteiger partial charge < -0.3 is 4.90 Å². The van der Waals surface area contributed by atoms with Crippen LogP contribution in [0.15, 0.2) is 237 Å². The van der Waals surface area contributed by atoms with Crippen LogP contribution in [0, 0.1) is 0 Å². The zero-order chi connectivity index (χ0) is 41.5. The lowest BCUT2D eigenvalue weighted by molar-refractivity contribution is 0.753. The van der Waals surface area contributed by atoms with Gasteiger partial charge in [-0.2, -0.15) is 0 Å². The Morgan fingerprint density at radius 1 is 0.286 bits per heavy atom. The molecule has 1 aromatic heterocycles. The van der Waals surface area contributed by atoms with E-state index in [4.69, 9.17) is 0 Å². The highest BCUT2D eigenvalue weighted by Crippen LogP contribution is 2.65. The van der Waals surface area contributed by atoms with Crippen LogP contribution in [-0.2, 0) is 5.41 Å². The van der Waals surface area contributed by atoms with Crippen molar-refractivity contribution >= 4 is 48.6 Å². The fourth-order valence-corrected chi connectivity index (χ4v) is 12.1. The molecule has 0 saturated heterocycles. The normalized spacial score (nSPS) is 13.2. The first-order valence-electron chi connectivity index (χ1n) is 21.8. The molecule has 294 valence electrons. The zero-order valence-electron chi connectivity index (χ0n) is 34.4. The van der Waals surface area contributed by atoms with Gasteiger partial charge in [0.25, 0.3) is 0 Å². The van der Waals surface area contributed by atoms with E-state index in [-0.39, 0.29) is 0 Å². The number of rotatable bonds is 5. The molecular formula is C61H39NS. The van der Waals surface area contributed by atoms with Gasteiger partial charge in [-0.1, -0.05) is 200 Å². The third kappa shape index (κ3) is 5.29. The van der Waals surface area contributed by atoms with Gasteiger partial charge in [0, 0.05) is 15.5 Å². The Hall–Kier alpha value is -7.78. The van der Waals surface area contributed by atoms with E-state index in [2.05, 4.69) is 241 Å². The molecule has 63 heavy (non-hydrogen) atoms. The molecule has 13 rings (SSSR count). The average molecular weight is 818 g/mol. The maximum Gasteiger partial charge on any atom is 0.0754 e. The molecule has 1 aliphatic carbocycles. The fourth-order valence-electron chi connectivity index (χ4n) is 10.9. The van der Waals surface area contributed by atoms with E-state index in [1.165, 1.54) is 115 Å². The van der Waals surface area contributed by atoms with Crippen molar-refractivity contribution in [3.8, 4) is 55.6 Å². The van der Waals surface area contributed by atoms with Crippen LogP contribution in [0.1, 0.15) is 22.3 Å². The summed E-state index contributed by atoms with van der Waals surface area (Å²) in [5.74, 6) is 0. The minimum absolute atomic E-state index is 0.627. The Labute approximate surface area is 371 Å². The summed E-state index contributed by atoms with van der Waals surface area (Å²) in [6.07, 6.45) is 0. The van der Waals surface area contributed by atoms with Crippen molar-refractivity contribution in [2.75, 3.05) is 4.90 Å². The Morgan fingerprint density at radius 3 is 1.25 bits per heavy atom. The minimum Gasteiger partial charge on any atom is -0.308 e. The first-order valence-corrected chi connectivity index (χ1v) is 22.6. The van der Waals surface area contributed by atoms with Crippen LogP contribution in [0.25, 0.3) is 75.8 Å². The second-order valence-corrected chi connectivity index (χ2v) is 17.8. The molecule has 2 aliphatic rings. The van der Waals surface area contributed by atoms with Crippen molar-refractivity contribution < 1.29 is 0 Å². The molecule has 1 nitrogen and oxygen atoms in total. The fraction of sp³-hybridized carbons (Fsp3) is 0.0164. The Balaban J connectivity index is 1.17. The number of hydrogen-bond acceptors (Lipinski definition) is 2. The summed E-state index contributed by atoms with van der Waals surface area (Å²) in [5, 5.41) is 2.59. The molecule has 0 atom stereocenters. The second-order valence-electron chi connectivity index (χ2n) is 16.7. The van der Waals surface area contributed by atoms with Gasteiger partial charge in [0.15, 0.2) is 0 Å². The van der Waals surface area contributed by atoms with Crippen LogP contribution in [0.2, 0.25) is 0 Å². The van der Waals surface area contributed by atoms with Gasteiger partial charge in [-0.25, -0.2) is 0 Å². The quantitative estimate of drug-likeness (QED) is 0.167. The standard InChI is InChI=1S/C61H39NS/c1-3-18-40(19-4-1)44-22-7-9-24-46(44)42-34-36-56-54(38-42)61(52-30-14-11-26-48(52)49-27-12-15-31-53(49)61)55-39-43(47-25-10-8-23-45(47)41-20-5-2-6-21-41)35-37-57(55)62(56)58-32-17-29-51-50-28-13-16-33-59(50)63-60(51)58/h1-39H. The van der Waals surface area contributed by atoms with E-state index in [0.717, 1.165) is 0 Å². The first-order chi connectivity index (χ1) is 31.3. The minimum atomic E-state index is -0.627. The molecule has 0 saturated carbocycles. The van der Waals surface area contributed by atoms with Crippen molar-refractivity contribution in [2.45, 2.75) is 5.41 Å². The summed E-state index contributed by atoms with van der Waals surface area (Å²) in [7, 11) is 0. The monoisotopic (exact) mass is 817 g/mol. The molecule has 10 aromatic carbocycles. The predicted octanol–water partition coefficient (Wildman–Crippen LogP) is 16.9. The molecule has 2 heteroatoms. The lowest BCUT2D eigenvalue weighted by Crippen LogP contribution is -2.36. The van der Waals surface area contributed by atoms with E-state index < -0.39 is 5.41 Å². The number of hydrogen-bond donors (Lipinski definition) is 0. The summed E-state index contributed by atoms with van der Waals surface area (Å²) < 4.78 is 2.59. The van der Waals surface area contributed by atoms with Crippen LogP contribution in [-0.4, -0.2) is 0 Å². The molecular weight excluding hydrogens is 779 g/mol. The zero-order valence-corrected chi connectivity index (χ0v) is 35.2. The van der Waals surface area contributed by atoms with Crippen molar-refractivity contribution in [1.82, 2.24) is 0 Å². The number of benzene rings is 10. The lowest BCUT2D eigenvalue weighted by atomic mass is 9.64. The smallest absolute Gasteiger partial charge is 0.0754 e. The van der Waals surface area contributed by atoms with Crippen LogP contribution in [0.3, 0.4) is 0 Å². The topological polar surface area (TPSA) is 3.24 Å². The van der Waals surface area contributed by atoms with Crippen LogP contribution in [0.4, 0.5) is 17.1 Å². The SMILES string of the molecule is c1ccc(-c2ccccc2-c2ccc3c(c2)C2(c4ccccc4-c4ccccc42)c2cc(-c4ccccc4-c4ccccc4)ccc2N3c2cccc3c2sc2ccccc23)cc1. The summed E-state index contributed by atoms with van der Waals surface area (Å²) in [6.45, 7) is 0. The maximum atomic E-state index is 2.58. The van der Waals surface area contributed by atoms with Crippen LogP contribution < -0.4 is 4.90 Å². The van der Waals surface area contributed by atoms with Crippen LogP contribution in [0.5, 0.6) is 0 Å². The van der Waals surface area contributed by atoms with Gasteiger partial charge in [-0.05, 0) is 114 Å². The Kier molecular flexibility index (Phi) is 8.06. The largest absolute Gasteiger partial charge is 0.308 e. The molecule has 1 aliphatic heterocycles. The summed E-state index contributed by atoms with van der Waals surface area (Å²) in [4.78, 5) is 2.58. The molecule has 11 aromatic rings. The molecule has 0 amide bonds. The summed E-state index contributed by atoms with van der Waals surface area (Å²) in [6, 6.07) is 88.0. The molecule has 0 radical (unpaired) electrons. The van der Waals surface area contributed by atoms with Crippen LogP contribution >= 0.6 is 11.3 Å². The van der Waals surface area contributed by atoms with E-state index in [1.807, 2.05) is 11.3 Å². The number of fused-ring (bicyclic) bond motifs is 12. The van der Waals surface area contributed by atoms with E-state index in [9.17, 15) is 0 Å².